The largest absolute Gasteiger partial charge is 0.493 e. The first kappa shape index (κ1) is 23.5. The van der Waals surface area contributed by atoms with E-state index in [-0.39, 0.29) is 30.9 Å². The van der Waals surface area contributed by atoms with Crippen LogP contribution in [0.25, 0.3) is 0 Å². The van der Waals surface area contributed by atoms with Gasteiger partial charge in [-0.25, -0.2) is 0 Å². The normalized spacial score (nSPS) is 18.1. The molecule has 1 aliphatic heterocycles. The summed E-state index contributed by atoms with van der Waals surface area (Å²) >= 11 is 6.10. The highest BCUT2D eigenvalue weighted by Gasteiger charge is 2.24. The average Bonchev–Trinajstić information content (AvgIpc) is 2.80. The number of pyridine rings is 1. The molecular formula is C23H27ClN4O4. The molecule has 9 heteroatoms. The number of rotatable bonds is 3. The molecule has 3 rings (SSSR count). The van der Waals surface area contributed by atoms with Crippen LogP contribution in [0, 0.1) is 0 Å². The Morgan fingerprint density at radius 1 is 1.19 bits per heavy atom. The van der Waals surface area contributed by atoms with Gasteiger partial charge in [0.2, 0.25) is 11.8 Å². The van der Waals surface area contributed by atoms with E-state index >= 15 is 0 Å². The van der Waals surface area contributed by atoms with Gasteiger partial charge >= 0.3 is 0 Å². The van der Waals surface area contributed by atoms with Crippen LogP contribution in [0.2, 0.25) is 5.02 Å². The Morgan fingerprint density at radius 3 is 2.88 bits per heavy atom. The standard InChI is InChI=1S/C23H27ClN4O4/c24-16-7-9-20-18(14-16)22(30)28-19(23(31)27-15-17-6-2-4-11-25-17)8-10-21(29)26-12-3-1-5-13-32-20/h2,4,6-7,9,11,14,19H,1,3,5,8,10,12-13,15H2,(H,26,29)(H,27,31)(H,28,30)/t19-/m0/s1. The second kappa shape index (κ2) is 12.0. The molecule has 8 nitrogen and oxygen atoms in total. The van der Waals surface area contributed by atoms with Gasteiger partial charge in [-0.05, 0) is 56.0 Å². The lowest BCUT2D eigenvalue weighted by atomic mass is 10.1. The van der Waals surface area contributed by atoms with Gasteiger partial charge < -0.3 is 20.7 Å². The molecule has 170 valence electrons. The number of hydrogen-bond acceptors (Lipinski definition) is 5. The average molecular weight is 459 g/mol. The molecule has 1 aromatic heterocycles. The summed E-state index contributed by atoms with van der Waals surface area (Å²) in [6, 6.07) is 9.31. The lowest BCUT2D eigenvalue weighted by Gasteiger charge is -2.19. The number of halogens is 1. The van der Waals surface area contributed by atoms with Gasteiger partial charge in [0.05, 0.1) is 24.4 Å². The fourth-order valence-electron chi connectivity index (χ4n) is 3.29. The quantitative estimate of drug-likeness (QED) is 0.655. The van der Waals surface area contributed by atoms with Crippen LogP contribution < -0.4 is 20.7 Å². The Balaban J connectivity index is 1.77. The maximum absolute atomic E-state index is 13.0. The van der Waals surface area contributed by atoms with E-state index < -0.39 is 17.9 Å². The van der Waals surface area contributed by atoms with Crippen molar-refractivity contribution in [1.29, 1.82) is 0 Å². The molecule has 2 heterocycles. The molecule has 32 heavy (non-hydrogen) atoms. The zero-order valence-electron chi connectivity index (χ0n) is 17.7. The Bertz CT molecular complexity index is 939. The summed E-state index contributed by atoms with van der Waals surface area (Å²) in [5.74, 6) is -0.638. The van der Waals surface area contributed by atoms with Gasteiger partial charge in [-0.15, -0.1) is 0 Å². The van der Waals surface area contributed by atoms with Gasteiger partial charge in [-0.2, -0.15) is 0 Å². The van der Waals surface area contributed by atoms with Crippen LogP contribution in [0.1, 0.15) is 48.2 Å². The van der Waals surface area contributed by atoms with Gasteiger partial charge in [0.15, 0.2) is 0 Å². The van der Waals surface area contributed by atoms with E-state index in [0.29, 0.717) is 29.6 Å². The number of carbonyl (C=O) groups excluding carboxylic acids is 3. The van der Waals surface area contributed by atoms with Crippen LogP contribution >= 0.6 is 11.6 Å². The molecule has 0 spiro atoms. The molecule has 1 atom stereocenters. The van der Waals surface area contributed by atoms with Crippen LogP contribution in [0.4, 0.5) is 0 Å². The smallest absolute Gasteiger partial charge is 0.255 e. The number of fused-ring (bicyclic) bond motifs is 1. The third-order valence-electron chi connectivity index (χ3n) is 5.04. The molecule has 0 fully saturated rings. The number of benzene rings is 1. The molecule has 3 N–H and O–H groups in total. The molecule has 0 aliphatic carbocycles. The number of hydrogen-bond donors (Lipinski definition) is 3. The van der Waals surface area contributed by atoms with Gasteiger partial charge in [-0.3, -0.25) is 19.4 Å². The minimum Gasteiger partial charge on any atom is -0.493 e. The van der Waals surface area contributed by atoms with Crippen molar-refractivity contribution in [2.45, 2.75) is 44.7 Å². The van der Waals surface area contributed by atoms with Crippen LogP contribution in [0.5, 0.6) is 5.75 Å². The summed E-state index contributed by atoms with van der Waals surface area (Å²) in [6.07, 6.45) is 4.40. The highest BCUT2D eigenvalue weighted by atomic mass is 35.5. The van der Waals surface area contributed by atoms with Gasteiger partial charge in [0.25, 0.3) is 5.91 Å². The summed E-state index contributed by atoms with van der Waals surface area (Å²) in [6.45, 7) is 1.21. The van der Waals surface area contributed by atoms with Crippen molar-refractivity contribution in [1.82, 2.24) is 20.9 Å². The summed E-state index contributed by atoms with van der Waals surface area (Å²) in [5.41, 5.74) is 0.937. The maximum atomic E-state index is 13.0. The van der Waals surface area contributed by atoms with Crippen molar-refractivity contribution < 1.29 is 19.1 Å². The molecular weight excluding hydrogens is 432 g/mol. The minimum atomic E-state index is -0.908. The number of nitrogens with zero attached hydrogens (tertiary/aromatic N) is 1. The summed E-state index contributed by atoms with van der Waals surface area (Å²) in [4.78, 5) is 42.2. The molecule has 0 saturated heterocycles. The third kappa shape index (κ3) is 7.23. The maximum Gasteiger partial charge on any atom is 0.255 e. The Labute approximate surface area is 192 Å². The Morgan fingerprint density at radius 2 is 2.06 bits per heavy atom. The Hall–Kier alpha value is -3.13. The number of ether oxygens (including phenoxy) is 1. The predicted molar refractivity (Wildman–Crippen MR) is 120 cm³/mol. The summed E-state index contributed by atoms with van der Waals surface area (Å²) < 4.78 is 5.80. The molecule has 0 saturated carbocycles. The Kier molecular flexibility index (Phi) is 8.86. The molecule has 0 bridgehead atoms. The lowest BCUT2D eigenvalue weighted by molar-refractivity contribution is -0.124. The van der Waals surface area contributed by atoms with E-state index in [9.17, 15) is 14.4 Å². The molecule has 0 radical (unpaired) electrons. The van der Waals surface area contributed by atoms with E-state index in [0.717, 1.165) is 19.3 Å². The van der Waals surface area contributed by atoms with Crippen LogP contribution in [0.3, 0.4) is 0 Å². The number of aromatic nitrogens is 1. The van der Waals surface area contributed by atoms with Crippen molar-refractivity contribution in [3.63, 3.8) is 0 Å². The van der Waals surface area contributed by atoms with Crippen molar-refractivity contribution in [3.8, 4) is 5.75 Å². The molecule has 2 aromatic rings. The lowest BCUT2D eigenvalue weighted by Crippen LogP contribution is -2.47. The zero-order chi connectivity index (χ0) is 22.8. The number of nitrogens with one attached hydrogen (secondary N) is 3. The van der Waals surface area contributed by atoms with Gasteiger partial charge in [-0.1, -0.05) is 17.7 Å². The molecule has 1 aromatic carbocycles. The second-order valence-electron chi connectivity index (χ2n) is 7.50. The highest BCUT2D eigenvalue weighted by molar-refractivity contribution is 6.31. The molecule has 3 amide bonds. The highest BCUT2D eigenvalue weighted by Crippen LogP contribution is 2.23. The fraction of sp³-hybridized carbons (Fsp3) is 0.391. The first-order valence-electron chi connectivity index (χ1n) is 10.7. The van der Waals surface area contributed by atoms with E-state index in [4.69, 9.17) is 16.3 Å². The van der Waals surface area contributed by atoms with Crippen molar-refractivity contribution in [2.75, 3.05) is 13.2 Å². The number of carbonyl (C=O) groups is 3. The second-order valence-corrected chi connectivity index (χ2v) is 7.94. The van der Waals surface area contributed by atoms with E-state index in [2.05, 4.69) is 20.9 Å². The number of amides is 3. The van der Waals surface area contributed by atoms with Gasteiger partial charge in [0.1, 0.15) is 11.8 Å². The van der Waals surface area contributed by atoms with E-state index in [1.807, 2.05) is 6.07 Å². The monoisotopic (exact) mass is 458 g/mol. The van der Waals surface area contributed by atoms with Crippen LogP contribution in [-0.2, 0) is 16.1 Å². The first-order valence-corrected chi connectivity index (χ1v) is 11.1. The minimum absolute atomic E-state index is 0.112. The molecule has 1 aliphatic rings. The fourth-order valence-corrected chi connectivity index (χ4v) is 3.46. The van der Waals surface area contributed by atoms with E-state index in [1.165, 1.54) is 6.07 Å². The summed E-state index contributed by atoms with van der Waals surface area (Å²) in [7, 11) is 0. The zero-order valence-corrected chi connectivity index (χ0v) is 18.5. The SMILES string of the molecule is O=C1CC[C@@H](C(=O)NCc2ccccn2)NC(=O)c2cc(Cl)ccc2OCCCCCN1. The summed E-state index contributed by atoms with van der Waals surface area (Å²) in [5, 5.41) is 8.75. The van der Waals surface area contributed by atoms with Crippen molar-refractivity contribution in [3.05, 3.63) is 58.9 Å². The van der Waals surface area contributed by atoms with Crippen molar-refractivity contribution >= 4 is 29.3 Å². The van der Waals surface area contributed by atoms with Crippen molar-refractivity contribution in [2.24, 2.45) is 0 Å². The van der Waals surface area contributed by atoms with Crippen LogP contribution in [0.15, 0.2) is 42.6 Å². The van der Waals surface area contributed by atoms with E-state index in [1.54, 1.807) is 30.5 Å². The first-order chi connectivity index (χ1) is 15.5. The molecule has 0 unspecified atom stereocenters. The topological polar surface area (TPSA) is 109 Å². The third-order valence-corrected chi connectivity index (χ3v) is 5.27. The van der Waals surface area contributed by atoms with Gasteiger partial charge in [0, 0.05) is 24.2 Å². The predicted octanol–water partition coefficient (Wildman–Crippen LogP) is 2.61. The van der Waals surface area contributed by atoms with Crippen LogP contribution in [-0.4, -0.2) is 41.9 Å².